The van der Waals surface area contributed by atoms with E-state index in [0.717, 1.165) is 42.5 Å². The topological polar surface area (TPSA) is 67.4 Å². The predicted molar refractivity (Wildman–Crippen MR) is 98.8 cm³/mol. The summed E-state index contributed by atoms with van der Waals surface area (Å²) in [5, 5.41) is 2.72. The normalized spacial score (nSPS) is 19.2. The maximum Gasteiger partial charge on any atom is 0.225 e. The molecule has 148 valence electrons. The van der Waals surface area contributed by atoms with Crippen LogP contribution in [0.15, 0.2) is 24.4 Å². The van der Waals surface area contributed by atoms with Gasteiger partial charge in [0.1, 0.15) is 11.6 Å². The van der Waals surface area contributed by atoms with Crippen molar-refractivity contribution in [2.45, 2.75) is 25.8 Å². The number of nitrogens with one attached hydrogen (secondary N) is 1. The Hall–Kier alpha value is -2.61. The summed E-state index contributed by atoms with van der Waals surface area (Å²) in [6.07, 6.45) is 3.72. The number of rotatable bonds is 4. The van der Waals surface area contributed by atoms with Crippen LogP contribution in [0.3, 0.4) is 0 Å². The molecule has 1 atom stereocenters. The molecule has 0 radical (unpaired) electrons. The SMILES string of the molecule is O=C(NCc1cc(F)ccc1F)C1CCc2nc(N3CCOCC3)ncc2C1. The number of ether oxygens (including phenoxy) is 1. The number of amides is 1. The second-order valence-electron chi connectivity index (χ2n) is 7.13. The van der Waals surface area contributed by atoms with Crippen LogP contribution in [-0.4, -0.2) is 42.2 Å². The van der Waals surface area contributed by atoms with Crippen molar-refractivity contribution in [3.63, 3.8) is 0 Å². The molecule has 1 fully saturated rings. The van der Waals surface area contributed by atoms with Gasteiger partial charge < -0.3 is 15.0 Å². The zero-order valence-corrected chi connectivity index (χ0v) is 15.5. The quantitative estimate of drug-likeness (QED) is 0.868. The van der Waals surface area contributed by atoms with Crippen molar-refractivity contribution < 1.29 is 18.3 Å². The number of carbonyl (C=O) groups is 1. The molecule has 1 aromatic heterocycles. The fourth-order valence-electron chi connectivity index (χ4n) is 3.64. The van der Waals surface area contributed by atoms with Gasteiger partial charge in [0.05, 0.1) is 13.2 Å². The molecule has 0 bridgehead atoms. The van der Waals surface area contributed by atoms with E-state index < -0.39 is 11.6 Å². The van der Waals surface area contributed by atoms with E-state index in [1.165, 1.54) is 0 Å². The van der Waals surface area contributed by atoms with E-state index in [2.05, 4.69) is 20.2 Å². The summed E-state index contributed by atoms with van der Waals surface area (Å²) in [7, 11) is 0. The van der Waals surface area contributed by atoms with E-state index in [9.17, 15) is 13.6 Å². The Morgan fingerprint density at radius 2 is 2.11 bits per heavy atom. The first-order valence-corrected chi connectivity index (χ1v) is 9.49. The third-order valence-corrected chi connectivity index (χ3v) is 5.26. The lowest BCUT2D eigenvalue weighted by Gasteiger charge is -2.28. The number of nitrogens with zero attached hydrogens (tertiary/aromatic N) is 3. The molecule has 1 aromatic carbocycles. The first-order valence-electron chi connectivity index (χ1n) is 9.49. The number of hydrogen-bond acceptors (Lipinski definition) is 5. The molecule has 2 heterocycles. The van der Waals surface area contributed by atoms with Crippen LogP contribution in [0.4, 0.5) is 14.7 Å². The third kappa shape index (κ3) is 4.11. The molecule has 8 heteroatoms. The molecule has 2 aliphatic rings. The molecule has 1 aliphatic heterocycles. The van der Waals surface area contributed by atoms with Gasteiger partial charge in [-0.2, -0.15) is 0 Å². The molecule has 1 amide bonds. The van der Waals surface area contributed by atoms with E-state index in [-0.39, 0.29) is 23.9 Å². The van der Waals surface area contributed by atoms with Gasteiger partial charge in [0.2, 0.25) is 11.9 Å². The molecule has 6 nitrogen and oxygen atoms in total. The summed E-state index contributed by atoms with van der Waals surface area (Å²) in [6.45, 7) is 2.88. The lowest BCUT2D eigenvalue weighted by atomic mass is 9.86. The fraction of sp³-hybridized carbons (Fsp3) is 0.450. The molecule has 1 saturated heterocycles. The van der Waals surface area contributed by atoms with Gasteiger partial charge in [0.25, 0.3) is 0 Å². The van der Waals surface area contributed by atoms with Gasteiger partial charge in [-0.1, -0.05) is 0 Å². The van der Waals surface area contributed by atoms with Crippen molar-refractivity contribution in [1.82, 2.24) is 15.3 Å². The van der Waals surface area contributed by atoms with Crippen molar-refractivity contribution in [2.24, 2.45) is 5.92 Å². The molecular formula is C20H22F2N4O2. The average Bonchev–Trinajstić information content (AvgIpc) is 2.74. The Balaban J connectivity index is 1.38. The van der Waals surface area contributed by atoms with Gasteiger partial charge in [-0.3, -0.25) is 4.79 Å². The summed E-state index contributed by atoms with van der Waals surface area (Å²) in [4.78, 5) is 23.8. The van der Waals surface area contributed by atoms with E-state index in [0.29, 0.717) is 38.4 Å². The molecule has 4 rings (SSSR count). The fourth-order valence-corrected chi connectivity index (χ4v) is 3.64. The Morgan fingerprint density at radius 1 is 1.29 bits per heavy atom. The predicted octanol–water partition coefficient (Wildman–Crippen LogP) is 2.01. The standard InChI is InChI=1S/C20H22F2N4O2/c21-16-2-3-17(22)14(10-16)11-23-19(27)13-1-4-18-15(9-13)12-24-20(25-18)26-5-7-28-8-6-26/h2-3,10,12-13H,1,4-9,11H2,(H,23,27). The average molecular weight is 388 g/mol. The monoisotopic (exact) mass is 388 g/mol. The van der Waals surface area contributed by atoms with Crippen molar-refractivity contribution >= 4 is 11.9 Å². The highest BCUT2D eigenvalue weighted by atomic mass is 19.1. The van der Waals surface area contributed by atoms with E-state index >= 15 is 0 Å². The van der Waals surface area contributed by atoms with E-state index in [1.54, 1.807) is 6.20 Å². The first kappa shape index (κ1) is 18.7. The van der Waals surface area contributed by atoms with Gasteiger partial charge in [-0.05, 0) is 43.0 Å². The Labute approximate surface area is 161 Å². The zero-order valence-electron chi connectivity index (χ0n) is 15.5. The number of aromatic nitrogens is 2. The van der Waals surface area contributed by atoms with Crippen molar-refractivity contribution in [3.05, 3.63) is 52.9 Å². The number of carbonyl (C=O) groups excluding carboxylic acids is 1. The molecule has 1 aliphatic carbocycles. The van der Waals surface area contributed by atoms with Crippen molar-refractivity contribution in [1.29, 1.82) is 0 Å². The van der Waals surface area contributed by atoms with Crippen LogP contribution in [0.1, 0.15) is 23.2 Å². The molecule has 1 N–H and O–H groups in total. The summed E-state index contributed by atoms with van der Waals surface area (Å²) in [5.41, 5.74) is 2.10. The Morgan fingerprint density at radius 3 is 2.93 bits per heavy atom. The lowest BCUT2D eigenvalue weighted by molar-refractivity contribution is -0.125. The first-order chi connectivity index (χ1) is 13.6. The number of hydrogen-bond donors (Lipinski definition) is 1. The van der Waals surface area contributed by atoms with E-state index in [1.807, 2.05) is 0 Å². The maximum absolute atomic E-state index is 13.7. The number of anilines is 1. The summed E-state index contributed by atoms with van der Waals surface area (Å²) >= 11 is 0. The minimum Gasteiger partial charge on any atom is -0.378 e. The minimum atomic E-state index is -0.528. The molecule has 0 spiro atoms. The summed E-state index contributed by atoms with van der Waals surface area (Å²) < 4.78 is 32.3. The van der Waals surface area contributed by atoms with Crippen LogP contribution in [0.5, 0.6) is 0 Å². The molecule has 28 heavy (non-hydrogen) atoms. The largest absolute Gasteiger partial charge is 0.378 e. The lowest BCUT2D eigenvalue weighted by Crippen LogP contribution is -2.38. The highest BCUT2D eigenvalue weighted by molar-refractivity contribution is 5.79. The number of morpholine rings is 1. The Bertz CT molecular complexity index is 871. The number of fused-ring (bicyclic) bond motifs is 1. The molecule has 0 saturated carbocycles. The maximum atomic E-state index is 13.7. The number of aryl methyl sites for hydroxylation is 1. The van der Waals surface area contributed by atoms with Crippen LogP contribution >= 0.6 is 0 Å². The molecule has 2 aromatic rings. The Kier molecular flexibility index (Phi) is 5.47. The summed E-state index contributed by atoms with van der Waals surface area (Å²) in [5.74, 6) is -0.717. The third-order valence-electron chi connectivity index (χ3n) is 5.26. The van der Waals surface area contributed by atoms with Crippen LogP contribution in [0.2, 0.25) is 0 Å². The van der Waals surface area contributed by atoms with Crippen molar-refractivity contribution in [3.8, 4) is 0 Å². The van der Waals surface area contributed by atoms with Crippen LogP contribution in [0.25, 0.3) is 0 Å². The van der Waals surface area contributed by atoms with Crippen LogP contribution < -0.4 is 10.2 Å². The van der Waals surface area contributed by atoms with Gasteiger partial charge in [0, 0.05) is 43.0 Å². The zero-order chi connectivity index (χ0) is 19.5. The second-order valence-corrected chi connectivity index (χ2v) is 7.13. The highest BCUT2D eigenvalue weighted by Crippen LogP contribution is 2.26. The number of halogens is 2. The number of benzene rings is 1. The van der Waals surface area contributed by atoms with E-state index in [4.69, 9.17) is 4.74 Å². The minimum absolute atomic E-state index is 0.0295. The van der Waals surface area contributed by atoms with Crippen LogP contribution in [-0.2, 0) is 28.9 Å². The van der Waals surface area contributed by atoms with Gasteiger partial charge in [-0.25, -0.2) is 18.7 Å². The molecule has 1 unspecified atom stereocenters. The van der Waals surface area contributed by atoms with Gasteiger partial charge >= 0.3 is 0 Å². The molecular weight excluding hydrogens is 366 g/mol. The van der Waals surface area contributed by atoms with Gasteiger partial charge in [-0.15, -0.1) is 0 Å². The second kappa shape index (κ2) is 8.18. The van der Waals surface area contributed by atoms with Gasteiger partial charge in [0.15, 0.2) is 0 Å². The smallest absolute Gasteiger partial charge is 0.225 e. The highest BCUT2D eigenvalue weighted by Gasteiger charge is 2.27. The van der Waals surface area contributed by atoms with Crippen LogP contribution in [0, 0.1) is 17.6 Å². The van der Waals surface area contributed by atoms with Crippen molar-refractivity contribution in [2.75, 3.05) is 31.2 Å². The summed E-state index contributed by atoms with van der Waals surface area (Å²) in [6, 6.07) is 3.23.